The van der Waals surface area contributed by atoms with Crippen molar-refractivity contribution in [3.63, 3.8) is 0 Å². The number of aliphatic hydroxyl groups is 1. The van der Waals surface area contributed by atoms with Gasteiger partial charge in [0.05, 0.1) is 0 Å². The van der Waals surface area contributed by atoms with E-state index in [1.165, 1.54) is 0 Å². The minimum Gasteiger partial charge on any atom is -0.510 e. The van der Waals surface area contributed by atoms with Gasteiger partial charge < -0.3 is 5.11 Å². The molecule has 0 heterocycles. The molecule has 1 aliphatic carbocycles. The predicted octanol–water partition coefficient (Wildman–Crippen LogP) is 1.91. The van der Waals surface area contributed by atoms with Crippen LogP contribution in [0.2, 0.25) is 0 Å². The van der Waals surface area contributed by atoms with Gasteiger partial charge in [-0.2, -0.15) is 0 Å². The molecule has 0 aromatic carbocycles. The number of allylic oxidation sites excluding steroid dienone is 2. The van der Waals surface area contributed by atoms with Crippen LogP contribution in [0.1, 0.15) is 19.3 Å². The van der Waals surface area contributed by atoms with E-state index in [1.807, 2.05) is 0 Å². The third-order valence-electron chi connectivity index (χ3n) is 1.12. The molecule has 1 rings (SSSR count). The van der Waals surface area contributed by atoms with Crippen LogP contribution in [0.15, 0.2) is 11.6 Å². The Hall–Kier alpha value is -0.530. The molecular weight excluding hydrogens is 95.1 g/mol. The third kappa shape index (κ3) is 0.734. The van der Waals surface area contributed by atoms with Crippen LogP contribution in [0.5, 0.6) is 0 Å². The lowest BCUT2D eigenvalue weighted by molar-refractivity contribution is 0.377. The van der Waals surface area contributed by atoms with Crippen LogP contribution in [-0.2, 0) is 0 Å². The van der Waals surface area contributed by atoms with Gasteiger partial charge in [-0.05, 0) is 6.42 Å². The van der Waals surface area contributed by atoms with Crippen molar-refractivity contribution in [1.82, 2.24) is 0 Å². The average molecular weight is 102 g/mol. The smallest absolute Gasteiger partial charge is 0.137 e. The van der Waals surface area contributed by atoms with Gasteiger partial charge in [-0.3, -0.25) is 0 Å². The minimum atomic E-state index is -0.319. The van der Waals surface area contributed by atoms with Crippen molar-refractivity contribution < 1.29 is 9.50 Å². The molecule has 1 aliphatic rings. The van der Waals surface area contributed by atoms with Crippen LogP contribution in [0.25, 0.3) is 0 Å². The van der Waals surface area contributed by atoms with Crippen molar-refractivity contribution in [2.45, 2.75) is 19.3 Å². The molecule has 0 amide bonds. The summed E-state index contributed by atoms with van der Waals surface area (Å²) in [7, 11) is 0. The van der Waals surface area contributed by atoms with Crippen LogP contribution < -0.4 is 0 Å². The van der Waals surface area contributed by atoms with E-state index in [4.69, 9.17) is 5.11 Å². The summed E-state index contributed by atoms with van der Waals surface area (Å²) in [5, 5.41) is 8.50. The highest BCUT2D eigenvalue weighted by Gasteiger charge is 2.11. The van der Waals surface area contributed by atoms with Crippen LogP contribution in [0, 0.1) is 0 Å². The number of hydrogen-bond donors (Lipinski definition) is 1. The SMILES string of the molecule is OC1=C(F)CCC1. The van der Waals surface area contributed by atoms with Gasteiger partial charge in [0.1, 0.15) is 11.6 Å². The first kappa shape index (κ1) is 4.62. The number of halogens is 1. The lowest BCUT2D eigenvalue weighted by Crippen LogP contribution is -1.70. The van der Waals surface area contributed by atoms with Gasteiger partial charge in [-0.15, -0.1) is 0 Å². The third-order valence-corrected chi connectivity index (χ3v) is 1.12. The minimum absolute atomic E-state index is 0.0417. The molecule has 1 N–H and O–H groups in total. The van der Waals surface area contributed by atoms with Gasteiger partial charge in [0.2, 0.25) is 0 Å². The topological polar surface area (TPSA) is 20.2 Å². The summed E-state index contributed by atoms with van der Waals surface area (Å²) in [6.45, 7) is 0. The number of rotatable bonds is 0. The molecule has 0 radical (unpaired) electrons. The molecule has 0 unspecified atom stereocenters. The standard InChI is InChI=1S/C5H7FO/c6-4-2-1-3-5(4)7/h7H,1-3H2. The average Bonchev–Trinajstić information content (AvgIpc) is 1.91. The van der Waals surface area contributed by atoms with E-state index < -0.39 is 0 Å². The van der Waals surface area contributed by atoms with E-state index in [2.05, 4.69) is 0 Å². The van der Waals surface area contributed by atoms with E-state index >= 15 is 0 Å². The van der Waals surface area contributed by atoms with Crippen LogP contribution in [0.3, 0.4) is 0 Å². The summed E-state index contributed by atoms with van der Waals surface area (Å²) >= 11 is 0. The highest BCUT2D eigenvalue weighted by atomic mass is 19.1. The van der Waals surface area contributed by atoms with Crippen molar-refractivity contribution >= 4 is 0 Å². The van der Waals surface area contributed by atoms with Gasteiger partial charge in [-0.1, -0.05) is 0 Å². The Labute approximate surface area is 41.5 Å². The van der Waals surface area contributed by atoms with Gasteiger partial charge in [0.15, 0.2) is 0 Å². The van der Waals surface area contributed by atoms with E-state index in [1.54, 1.807) is 0 Å². The fourth-order valence-electron chi connectivity index (χ4n) is 0.691. The summed E-state index contributed by atoms with van der Waals surface area (Å²) in [4.78, 5) is 0. The Bertz CT molecular complexity index is 94.6. The van der Waals surface area contributed by atoms with E-state index in [-0.39, 0.29) is 11.6 Å². The molecule has 0 saturated carbocycles. The van der Waals surface area contributed by atoms with E-state index in [9.17, 15) is 4.39 Å². The fraction of sp³-hybridized carbons (Fsp3) is 0.600. The second-order valence-corrected chi connectivity index (χ2v) is 1.71. The van der Waals surface area contributed by atoms with Crippen molar-refractivity contribution in [3.8, 4) is 0 Å². The molecule has 2 heteroatoms. The number of aliphatic hydroxyl groups excluding tert-OH is 1. The van der Waals surface area contributed by atoms with Crippen LogP contribution in [-0.4, -0.2) is 5.11 Å². The molecular formula is C5H7FO. The van der Waals surface area contributed by atoms with Crippen molar-refractivity contribution in [2.24, 2.45) is 0 Å². The summed E-state index contributed by atoms with van der Waals surface area (Å²) in [5.41, 5.74) is 0. The monoisotopic (exact) mass is 102 g/mol. The lowest BCUT2D eigenvalue weighted by atomic mass is 10.4. The predicted molar refractivity (Wildman–Crippen MR) is 24.6 cm³/mol. The normalized spacial score (nSPS) is 21.3. The molecule has 0 fully saturated rings. The highest BCUT2D eigenvalue weighted by Crippen LogP contribution is 2.23. The van der Waals surface area contributed by atoms with Gasteiger partial charge >= 0.3 is 0 Å². The molecule has 0 saturated heterocycles. The van der Waals surface area contributed by atoms with Crippen molar-refractivity contribution in [3.05, 3.63) is 11.6 Å². The zero-order valence-electron chi connectivity index (χ0n) is 3.95. The van der Waals surface area contributed by atoms with E-state index in [0.29, 0.717) is 12.8 Å². The maximum absolute atomic E-state index is 11.9. The maximum atomic E-state index is 11.9. The molecule has 40 valence electrons. The Morgan fingerprint density at radius 2 is 2.14 bits per heavy atom. The molecule has 0 aliphatic heterocycles. The zero-order chi connectivity index (χ0) is 5.28. The van der Waals surface area contributed by atoms with Gasteiger partial charge in [0.25, 0.3) is 0 Å². The molecule has 0 bridgehead atoms. The Morgan fingerprint density at radius 3 is 2.29 bits per heavy atom. The summed E-state index contributed by atoms with van der Waals surface area (Å²) in [6.07, 6.45) is 1.75. The lowest BCUT2D eigenvalue weighted by Gasteiger charge is -1.82. The highest BCUT2D eigenvalue weighted by molar-refractivity contribution is 5.04. The molecule has 0 spiro atoms. The molecule has 7 heavy (non-hydrogen) atoms. The first-order valence-corrected chi connectivity index (χ1v) is 2.37. The molecule has 1 nitrogen and oxygen atoms in total. The van der Waals surface area contributed by atoms with Crippen LogP contribution >= 0.6 is 0 Å². The van der Waals surface area contributed by atoms with Gasteiger partial charge in [0, 0.05) is 12.8 Å². The molecule has 0 aromatic rings. The zero-order valence-corrected chi connectivity index (χ0v) is 3.95. The first-order valence-electron chi connectivity index (χ1n) is 2.37. The molecule has 0 atom stereocenters. The van der Waals surface area contributed by atoms with Gasteiger partial charge in [-0.25, -0.2) is 4.39 Å². The molecule has 0 aromatic heterocycles. The van der Waals surface area contributed by atoms with Crippen molar-refractivity contribution in [2.75, 3.05) is 0 Å². The summed E-state index contributed by atoms with van der Waals surface area (Å²) in [6, 6.07) is 0. The maximum Gasteiger partial charge on any atom is 0.137 e. The second-order valence-electron chi connectivity index (χ2n) is 1.71. The van der Waals surface area contributed by atoms with Crippen molar-refractivity contribution in [1.29, 1.82) is 0 Å². The second kappa shape index (κ2) is 1.52. The fourth-order valence-corrected chi connectivity index (χ4v) is 0.691. The number of hydrogen-bond acceptors (Lipinski definition) is 1. The first-order chi connectivity index (χ1) is 3.30. The Balaban J connectivity index is 2.64. The quantitative estimate of drug-likeness (QED) is 0.495. The largest absolute Gasteiger partial charge is 0.510 e. The Kier molecular flexibility index (Phi) is 1.01. The van der Waals surface area contributed by atoms with E-state index in [0.717, 1.165) is 6.42 Å². The summed E-state index contributed by atoms with van der Waals surface area (Å²) in [5.74, 6) is -0.361. The summed E-state index contributed by atoms with van der Waals surface area (Å²) < 4.78 is 11.9. The van der Waals surface area contributed by atoms with Crippen LogP contribution in [0.4, 0.5) is 4.39 Å². The Morgan fingerprint density at radius 1 is 1.43 bits per heavy atom.